The van der Waals surface area contributed by atoms with Crippen LogP contribution in [0.15, 0.2) is 0 Å². The number of ether oxygens (including phenoxy) is 9. The summed E-state index contributed by atoms with van der Waals surface area (Å²) in [5.74, 6) is 0. The van der Waals surface area contributed by atoms with E-state index in [1.807, 2.05) is 0 Å². The van der Waals surface area contributed by atoms with E-state index < -0.39 is 0 Å². The summed E-state index contributed by atoms with van der Waals surface area (Å²) in [4.78, 5) is 0. The second-order valence-corrected chi connectivity index (χ2v) is 8.07. The monoisotopic (exact) mass is 509 g/mol. The van der Waals surface area contributed by atoms with Crippen LogP contribution in [0.1, 0.15) is 32.6 Å². The molecule has 1 aliphatic rings. The second-order valence-electron chi connectivity index (χ2n) is 8.07. The molecule has 1 heterocycles. The summed E-state index contributed by atoms with van der Waals surface area (Å²) in [6, 6.07) is 0. The van der Waals surface area contributed by atoms with Gasteiger partial charge in [-0.25, -0.2) is 0 Å². The minimum absolute atomic E-state index is 0.381. The summed E-state index contributed by atoms with van der Waals surface area (Å²) in [6.45, 7) is 14.2. The molecule has 1 saturated heterocycles. The summed E-state index contributed by atoms with van der Waals surface area (Å²) in [5.41, 5.74) is 0. The third-order valence-electron chi connectivity index (χ3n) is 5.11. The van der Waals surface area contributed by atoms with Gasteiger partial charge in [0.15, 0.2) is 0 Å². The van der Waals surface area contributed by atoms with Gasteiger partial charge in [0.2, 0.25) is 0 Å². The molecule has 0 bridgehead atoms. The van der Waals surface area contributed by atoms with E-state index in [9.17, 15) is 0 Å². The average molecular weight is 510 g/mol. The third-order valence-corrected chi connectivity index (χ3v) is 5.11. The van der Waals surface area contributed by atoms with Crippen LogP contribution in [-0.2, 0) is 42.6 Å². The van der Waals surface area contributed by atoms with E-state index in [1.165, 1.54) is 0 Å². The molecular formula is C25H51NO9. The quantitative estimate of drug-likeness (QED) is 0.157. The first-order valence-electron chi connectivity index (χ1n) is 13.4. The smallest absolute Gasteiger partial charge is 0.0704 e. The van der Waals surface area contributed by atoms with Crippen molar-refractivity contribution in [1.82, 2.24) is 5.32 Å². The van der Waals surface area contributed by atoms with Gasteiger partial charge in [0, 0.05) is 6.61 Å². The highest BCUT2D eigenvalue weighted by Crippen LogP contribution is 2.06. The van der Waals surface area contributed by atoms with Gasteiger partial charge in [-0.05, 0) is 32.4 Å². The van der Waals surface area contributed by atoms with Crippen molar-refractivity contribution in [3.05, 3.63) is 0 Å². The molecule has 0 saturated carbocycles. The van der Waals surface area contributed by atoms with Crippen molar-refractivity contribution in [2.75, 3.05) is 125 Å². The van der Waals surface area contributed by atoms with Gasteiger partial charge in [0.05, 0.1) is 112 Å². The molecule has 210 valence electrons. The third kappa shape index (κ3) is 25.0. The Labute approximate surface area is 212 Å². The zero-order chi connectivity index (χ0) is 24.9. The van der Waals surface area contributed by atoms with Crippen molar-refractivity contribution < 1.29 is 42.6 Å². The normalized spacial score (nSPS) is 14.7. The van der Waals surface area contributed by atoms with Gasteiger partial charge in [-0.1, -0.05) is 13.3 Å². The summed E-state index contributed by atoms with van der Waals surface area (Å²) >= 11 is 0. The maximum atomic E-state index is 5.78. The first-order valence-corrected chi connectivity index (χ1v) is 13.4. The highest BCUT2D eigenvalue weighted by Gasteiger charge is 2.12. The molecule has 0 atom stereocenters. The Kier molecular flexibility index (Phi) is 26.3. The summed E-state index contributed by atoms with van der Waals surface area (Å²) in [5, 5.41) is 3.33. The summed E-state index contributed by atoms with van der Waals surface area (Å²) in [7, 11) is 0. The molecule has 1 fully saturated rings. The molecule has 0 amide bonds. The van der Waals surface area contributed by atoms with Crippen molar-refractivity contribution in [1.29, 1.82) is 0 Å². The largest absolute Gasteiger partial charge is 0.379 e. The lowest BCUT2D eigenvalue weighted by atomic mass is 10.1. The number of hydrogen-bond donors (Lipinski definition) is 1. The van der Waals surface area contributed by atoms with Crippen LogP contribution in [-0.4, -0.2) is 132 Å². The minimum Gasteiger partial charge on any atom is -0.379 e. The van der Waals surface area contributed by atoms with Gasteiger partial charge in [0.1, 0.15) is 0 Å². The van der Waals surface area contributed by atoms with Gasteiger partial charge in [-0.3, -0.25) is 0 Å². The Hall–Kier alpha value is -0.400. The van der Waals surface area contributed by atoms with Crippen LogP contribution in [0.5, 0.6) is 0 Å². The highest BCUT2D eigenvalue weighted by atomic mass is 16.6. The molecule has 0 unspecified atom stereocenters. The lowest BCUT2D eigenvalue weighted by molar-refractivity contribution is -0.0318. The van der Waals surface area contributed by atoms with E-state index >= 15 is 0 Å². The summed E-state index contributed by atoms with van der Waals surface area (Å²) in [6.07, 6.45) is 4.81. The van der Waals surface area contributed by atoms with Crippen molar-refractivity contribution in [3.63, 3.8) is 0 Å². The molecule has 1 rings (SSSR count). The van der Waals surface area contributed by atoms with Crippen LogP contribution in [0.4, 0.5) is 0 Å². The van der Waals surface area contributed by atoms with Crippen molar-refractivity contribution in [2.24, 2.45) is 0 Å². The molecule has 0 spiro atoms. The van der Waals surface area contributed by atoms with E-state index in [-0.39, 0.29) is 0 Å². The van der Waals surface area contributed by atoms with Crippen molar-refractivity contribution in [3.8, 4) is 0 Å². The van der Waals surface area contributed by atoms with E-state index in [2.05, 4.69) is 12.2 Å². The molecule has 0 aromatic rings. The van der Waals surface area contributed by atoms with Crippen LogP contribution in [0.3, 0.4) is 0 Å². The van der Waals surface area contributed by atoms with E-state index in [0.717, 1.165) is 45.4 Å². The molecule has 0 radical (unpaired) electrons. The van der Waals surface area contributed by atoms with Gasteiger partial charge < -0.3 is 47.9 Å². The molecule has 0 aromatic heterocycles. The molecule has 10 nitrogen and oxygen atoms in total. The Morgan fingerprint density at radius 1 is 0.457 bits per heavy atom. The standard InChI is InChI=1S/C25H51NO9/c1-2-3-8-27-9-10-28-11-12-29-13-14-30-15-16-31-17-18-32-19-20-33-21-22-34-23-24-35-25-4-6-26-7-5-25/h25-26H,2-24H2,1H3. The lowest BCUT2D eigenvalue weighted by Gasteiger charge is -2.22. The van der Waals surface area contributed by atoms with Crippen molar-refractivity contribution in [2.45, 2.75) is 38.7 Å². The van der Waals surface area contributed by atoms with Crippen LogP contribution < -0.4 is 5.32 Å². The fourth-order valence-corrected chi connectivity index (χ4v) is 3.12. The lowest BCUT2D eigenvalue weighted by Crippen LogP contribution is -2.33. The number of nitrogens with one attached hydrogen (secondary N) is 1. The molecule has 10 heteroatoms. The Morgan fingerprint density at radius 2 is 0.771 bits per heavy atom. The molecular weight excluding hydrogens is 458 g/mol. The molecule has 35 heavy (non-hydrogen) atoms. The van der Waals surface area contributed by atoms with Crippen molar-refractivity contribution >= 4 is 0 Å². The van der Waals surface area contributed by atoms with Gasteiger partial charge in [-0.15, -0.1) is 0 Å². The van der Waals surface area contributed by atoms with Gasteiger partial charge >= 0.3 is 0 Å². The SMILES string of the molecule is CCCCOCCOCCOCCOCCOCCOCCOCCOCCOC1CCNCC1. The Morgan fingerprint density at radius 3 is 1.11 bits per heavy atom. The topological polar surface area (TPSA) is 95.1 Å². The van der Waals surface area contributed by atoms with Crippen LogP contribution in [0.2, 0.25) is 0 Å². The minimum atomic E-state index is 0.381. The molecule has 1 N–H and O–H groups in total. The zero-order valence-electron chi connectivity index (χ0n) is 22.0. The van der Waals surface area contributed by atoms with Crippen LogP contribution in [0.25, 0.3) is 0 Å². The zero-order valence-corrected chi connectivity index (χ0v) is 22.0. The highest BCUT2D eigenvalue weighted by molar-refractivity contribution is 4.67. The maximum absolute atomic E-state index is 5.78. The maximum Gasteiger partial charge on any atom is 0.0704 e. The second kappa shape index (κ2) is 28.2. The average Bonchev–Trinajstić information content (AvgIpc) is 2.89. The Balaban J connectivity index is 1.61. The van der Waals surface area contributed by atoms with Crippen LogP contribution >= 0.6 is 0 Å². The predicted octanol–water partition coefficient (Wildman–Crippen LogP) is 1.69. The first-order chi connectivity index (χ1) is 17.4. The summed E-state index contributed by atoms with van der Waals surface area (Å²) < 4.78 is 49.5. The van der Waals surface area contributed by atoms with E-state index in [4.69, 9.17) is 42.6 Å². The molecule has 0 aliphatic carbocycles. The Bertz CT molecular complexity index is 401. The molecule has 0 aromatic carbocycles. The van der Waals surface area contributed by atoms with Gasteiger partial charge in [0.25, 0.3) is 0 Å². The fraction of sp³-hybridized carbons (Fsp3) is 1.00. The first kappa shape index (κ1) is 32.6. The fourth-order valence-electron chi connectivity index (χ4n) is 3.12. The number of piperidine rings is 1. The van der Waals surface area contributed by atoms with E-state index in [1.54, 1.807) is 0 Å². The predicted molar refractivity (Wildman–Crippen MR) is 133 cm³/mol. The van der Waals surface area contributed by atoms with E-state index in [0.29, 0.717) is 112 Å². The number of rotatable bonds is 28. The number of hydrogen-bond acceptors (Lipinski definition) is 10. The number of unbranched alkanes of at least 4 members (excludes halogenated alkanes) is 1. The van der Waals surface area contributed by atoms with Crippen LogP contribution in [0, 0.1) is 0 Å². The molecule has 1 aliphatic heterocycles. The van der Waals surface area contributed by atoms with Gasteiger partial charge in [-0.2, -0.15) is 0 Å².